The third kappa shape index (κ3) is 8.04. The summed E-state index contributed by atoms with van der Waals surface area (Å²) in [5.41, 5.74) is 1.91. The van der Waals surface area contributed by atoms with Crippen molar-refractivity contribution in [2.45, 2.75) is 57.2 Å². The monoisotopic (exact) mass is 635 g/mol. The molecule has 0 atom stereocenters. The fourth-order valence-corrected chi connectivity index (χ4v) is 5.81. The summed E-state index contributed by atoms with van der Waals surface area (Å²) >= 11 is 0. The topological polar surface area (TPSA) is 131 Å². The maximum atomic E-state index is 14.1. The molecule has 244 valence electrons. The number of imidazole rings is 1. The Bertz CT molecular complexity index is 1580. The van der Waals surface area contributed by atoms with Gasteiger partial charge in [0.05, 0.1) is 24.2 Å². The van der Waals surface area contributed by atoms with E-state index in [1.165, 1.54) is 4.57 Å². The third-order valence-corrected chi connectivity index (χ3v) is 8.22. The van der Waals surface area contributed by atoms with Crippen molar-refractivity contribution in [3.63, 3.8) is 0 Å². The minimum atomic E-state index is -2.81. The largest absolute Gasteiger partial charge is 0.445 e. The van der Waals surface area contributed by atoms with Gasteiger partial charge >= 0.3 is 6.09 Å². The second-order valence-corrected chi connectivity index (χ2v) is 11.4. The number of morpholine rings is 1. The molecule has 1 saturated carbocycles. The highest BCUT2D eigenvalue weighted by Crippen LogP contribution is 2.28. The summed E-state index contributed by atoms with van der Waals surface area (Å²) < 4.78 is 40.4. The molecule has 2 aromatic carbocycles. The number of benzene rings is 2. The number of carbonyl (C=O) groups excluding carboxylic acids is 1. The van der Waals surface area contributed by atoms with Gasteiger partial charge < -0.3 is 30.3 Å². The van der Waals surface area contributed by atoms with E-state index in [1.54, 1.807) is 24.3 Å². The van der Waals surface area contributed by atoms with Crippen molar-refractivity contribution in [2.24, 2.45) is 0 Å². The molecule has 0 unspecified atom stereocenters. The molecule has 3 N–H and O–H groups in total. The minimum absolute atomic E-state index is 0.107. The van der Waals surface area contributed by atoms with Crippen LogP contribution in [0.1, 0.15) is 49.9 Å². The predicted octanol–water partition coefficient (Wildman–Crippen LogP) is 4.61. The molecular weight excluding hydrogens is 596 g/mol. The van der Waals surface area contributed by atoms with Crippen molar-refractivity contribution in [3.05, 3.63) is 66.0 Å². The lowest BCUT2D eigenvalue weighted by Gasteiger charge is -2.30. The van der Waals surface area contributed by atoms with Gasteiger partial charge in [0.15, 0.2) is 5.82 Å². The zero-order chi connectivity index (χ0) is 31.7. The van der Waals surface area contributed by atoms with Crippen LogP contribution in [0.2, 0.25) is 0 Å². The van der Waals surface area contributed by atoms with Gasteiger partial charge in [0.25, 0.3) is 6.43 Å². The summed E-state index contributed by atoms with van der Waals surface area (Å²) in [5.74, 6) is 0.473. The number of rotatable bonds is 12. The molecule has 0 radical (unpaired) electrons. The van der Waals surface area contributed by atoms with Gasteiger partial charge in [-0.15, -0.1) is 0 Å². The predicted molar refractivity (Wildman–Crippen MR) is 169 cm³/mol. The van der Waals surface area contributed by atoms with E-state index in [1.807, 2.05) is 35.2 Å². The Balaban J connectivity index is 1.03. The first-order valence-electron chi connectivity index (χ1n) is 15.8. The molecule has 4 aromatic rings. The summed E-state index contributed by atoms with van der Waals surface area (Å²) in [4.78, 5) is 32.1. The van der Waals surface area contributed by atoms with Crippen LogP contribution in [-0.4, -0.2) is 82.1 Å². The number of ether oxygens (including phenoxy) is 2. The molecule has 2 aromatic heterocycles. The van der Waals surface area contributed by atoms with Gasteiger partial charge in [-0.1, -0.05) is 42.5 Å². The number of carbonyl (C=O) groups is 1. The van der Waals surface area contributed by atoms with Crippen molar-refractivity contribution in [3.8, 4) is 5.95 Å². The quantitative estimate of drug-likeness (QED) is 0.190. The Morgan fingerprint density at radius 3 is 2.39 bits per heavy atom. The summed E-state index contributed by atoms with van der Waals surface area (Å²) in [5, 5.41) is 9.85. The van der Waals surface area contributed by atoms with E-state index in [2.05, 4.69) is 30.9 Å². The van der Waals surface area contributed by atoms with Crippen molar-refractivity contribution >= 4 is 29.0 Å². The molecule has 12 nitrogen and oxygen atoms in total. The van der Waals surface area contributed by atoms with Crippen LogP contribution in [0, 0.1) is 0 Å². The van der Waals surface area contributed by atoms with Crippen LogP contribution in [0.15, 0.2) is 54.6 Å². The first kappa shape index (κ1) is 31.5. The highest BCUT2D eigenvalue weighted by atomic mass is 19.3. The van der Waals surface area contributed by atoms with Gasteiger partial charge in [-0.05, 0) is 56.3 Å². The van der Waals surface area contributed by atoms with E-state index in [4.69, 9.17) is 14.5 Å². The Labute approximate surface area is 265 Å². The maximum absolute atomic E-state index is 14.1. The van der Waals surface area contributed by atoms with Crippen LogP contribution in [0.4, 0.5) is 25.5 Å². The lowest BCUT2D eigenvalue weighted by Crippen LogP contribution is -2.39. The zero-order valence-electron chi connectivity index (χ0n) is 25.6. The number of nitrogens with one attached hydrogen (secondary N) is 3. The van der Waals surface area contributed by atoms with E-state index >= 15 is 0 Å². The number of fused-ring (bicyclic) bond motifs is 1. The Kier molecular flexibility index (Phi) is 10.4. The molecular formula is C32H39F2N9O3. The van der Waals surface area contributed by atoms with Crippen molar-refractivity contribution in [2.75, 3.05) is 49.6 Å². The molecule has 0 spiro atoms. The molecule has 2 fully saturated rings. The van der Waals surface area contributed by atoms with Gasteiger partial charge in [-0.2, -0.15) is 15.0 Å². The first-order chi connectivity index (χ1) is 22.5. The minimum Gasteiger partial charge on any atom is -0.445 e. The molecule has 3 heterocycles. The Hall–Kier alpha value is -4.43. The van der Waals surface area contributed by atoms with Crippen molar-refractivity contribution < 1.29 is 23.0 Å². The lowest BCUT2D eigenvalue weighted by molar-refractivity contribution is 0.122. The van der Waals surface area contributed by atoms with Crippen LogP contribution >= 0.6 is 0 Å². The van der Waals surface area contributed by atoms with E-state index < -0.39 is 18.3 Å². The normalized spacial score (nSPS) is 18.5. The molecule has 1 aliphatic carbocycles. The molecule has 0 bridgehead atoms. The molecule has 2 aliphatic rings. The highest BCUT2D eigenvalue weighted by molar-refractivity contribution is 5.77. The SMILES string of the molecule is O=C(NCCCNC1CCC(Nc2nc(N3CCOCC3)nc(-n3c(C(F)F)nc4ccccc43)n2)CC1)OCc1ccccc1. The number of hydrogen-bond acceptors (Lipinski definition) is 10. The fourth-order valence-electron chi connectivity index (χ4n) is 5.81. The molecule has 6 rings (SSSR count). The number of aromatic nitrogens is 5. The van der Waals surface area contributed by atoms with Crippen LogP contribution in [0.5, 0.6) is 0 Å². The first-order valence-corrected chi connectivity index (χ1v) is 15.8. The number of para-hydroxylation sites is 2. The second-order valence-electron chi connectivity index (χ2n) is 11.4. The smallest absolute Gasteiger partial charge is 0.407 e. The van der Waals surface area contributed by atoms with Gasteiger partial charge in [-0.25, -0.2) is 18.6 Å². The van der Waals surface area contributed by atoms with Crippen LogP contribution in [0.25, 0.3) is 17.0 Å². The number of anilines is 2. The summed E-state index contributed by atoms with van der Waals surface area (Å²) in [7, 11) is 0. The second kappa shape index (κ2) is 15.2. The summed E-state index contributed by atoms with van der Waals surface area (Å²) in [6.07, 6.45) is 1.28. The molecule has 14 heteroatoms. The van der Waals surface area contributed by atoms with Crippen LogP contribution in [-0.2, 0) is 16.1 Å². The molecule has 1 amide bonds. The standard InChI is InChI=1S/C32H39F2N9O3/c33-27(34)28-38-25-9-4-5-10-26(25)43(28)31-40-29(39-30(41-31)42-17-19-45-20-18-42)37-24-13-11-23(12-14-24)35-15-6-16-36-32(44)46-21-22-7-2-1-3-8-22/h1-5,7-10,23-24,27,35H,6,11-21H2,(H,36,44)(H,37,39,40,41). The van der Waals surface area contributed by atoms with E-state index in [0.717, 1.165) is 44.2 Å². The third-order valence-electron chi connectivity index (χ3n) is 8.22. The number of nitrogens with zero attached hydrogens (tertiary/aromatic N) is 6. The number of halogens is 2. The summed E-state index contributed by atoms with van der Waals surface area (Å²) in [6.45, 7) is 3.82. The van der Waals surface area contributed by atoms with Crippen molar-refractivity contribution in [1.29, 1.82) is 0 Å². The van der Waals surface area contributed by atoms with E-state index in [-0.39, 0.29) is 18.6 Å². The fraction of sp³-hybridized carbons (Fsp3) is 0.469. The van der Waals surface area contributed by atoms with Gasteiger partial charge in [0.1, 0.15) is 6.61 Å². The zero-order valence-corrected chi connectivity index (χ0v) is 25.6. The van der Waals surface area contributed by atoms with Gasteiger partial charge in [0, 0.05) is 31.7 Å². The number of alkyl halides is 2. The van der Waals surface area contributed by atoms with E-state index in [0.29, 0.717) is 61.8 Å². The summed E-state index contributed by atoms with van der Waals surface area (Å²) in [6, 6.07) is 17.1. The average molecular weight is 636 g/mol. The highest BCUT2D eigenvalue weighted by Gasteiger charge is 2.26. The van der Waals surface area contributed by atoms with Gasteiger partial charge in [0.2, 0.25) is 17.8 Å². The average Bonchev–Trinajstić information content (AvgIpc) is 3.49. The number of hydrogen-bond donors (Lipinski definition) is 3. The van der Waals surface area contributed by atoms with Crippen LogP contribution < -0.4 is 20.9 Å². The molecule has 1 saturated heterocycles. The molecule has 46 heavy (non-hydrogen) atoms. The van der Waals surface area contributed by atoms with Crippen LogP contribution in [0.3, 0.4) is 0 Å². The van der Waals surface area contributed by atoms with Crippen molar-refractivity contribution in [1.82, 2.24) is 35.1 Å². The van der Waals surface area contributed by atoms with E-state index in [9.17, 15) is 13.6 Å². The Morgan fingerprint density at radius 1 is 0.891 bits per heavy atom. The van der Waals surface area contributed by atoms with Gasteiger partial charge in [-0.3, -0.25) is 4.57 Å². The maximum Gasteiger partial charge on any atom is 0.407 e. The Morgan fingerprint density at radius 2 is 1.61 bits per heavy atom. The molecule has 1 aliphatic heterocycles. The number of amides is 1. The lowest BCUT2D eigenvalue weighted by atomic mass is 9.91. The number of alkyl carbamates (subject to hydrolysis) is 1.